The Morgan fingerprint density at radius 2 is 1.71 bits per heavy atom. The maximum Gasteiger partial charge on any atom is 0.225 e. The number of rotatable bonds is 5. The van der Waals surface area contributed by atoms with Gasteiger partial charge >= 0.3 is 0 Å². The number of hydrogen-bond donors (Lipinski definition) is 2. The number of benzene rings is 1. The molecule has 1 aromatic carbocycles. The van der Waals surface area contributed by atoms with E-state index in [1.807, 2.05) is 25.2 Å². The highest BCUT2D eigenvalue weighted by Gasteiger charge is 2.31. The molecule has 0 aromatic heterocycles. The van der Waals surface area contributed by atoms with E-state index in [1.165, 1.54) is 6.42 Å². The molecule has 4 rings (SSSR count). The van der Waals surface area contributed by atoms with Crippen molar-refractivity contribution in [3.05, 3.63) is 24.3 Å². The molecule has 1 aliphatic carbocycles. The van der Waals surface area contributed by atoms with Crippen molar-refractivity contribution in [2.45, 2.75) is 19.3 Å². The summed E-state index contributed by atoms with van der Waals surface area (Å²) >= 11 is 0. The van der Waals surface area contributed by atoms with Crippen LogP contribution < -0.4 is 10.2 Å². The lowest BCUT2D eigenvalue weighted by atomic mass is 9.84. The fourth-order valence-electron chi connectivity index (χ4n) is 4.65. The second kappa shape index (κ2) is 10.2. The summed E-state index contributed by atoms with van der Waals surface area (Å²) in [4.78, 5) is 25.9. The van der Waals surface area contributed by atoms with Gasteiger partial charge in [-0.25, -0.2) is 0 Å². The number of phenolic OH excluding ortho intramolecular Hbond substituents is 1. The number of aliphatic imine (C=N–C) groups is 1. The van der Waals surface area contributed by atoms with Gasteiger partial charge in [0.1, 0.15) is 5.75 Å². The van der Waals surface area contributed by atoms with Crippen molar-refractivity contribution in [2.24, 2.45) is 10.9 Å². The zero-order chi connectivity index (χ0) is 21.6. The fraction of sp³-hybridized carbons (Fsp3) is 0.652. The van der Waals surface area contributed by atoms with Gasteiger partial charge in [0.15, 0.2) is 5.96 Å². The Balaban J connectivity index is 1.16. The van der Waals surface area contributed by atoms with Crippen molar-refractivity contribution in [1.82, 2.24) is 20.0 Å². The van der Waals surface area contributed by atoms with Gasteiger partial charge in [0.2, 0.25) is 5.91 Å². The zero-order valence-electron chi connectivity index (χ0n) is 18.7. The standard InChI is InChI=1S/C23H36N6O2/c1-24-23(29-17-15-27(16-18-29)20-7-2-3-8-21(20)30)25-9-10-26-11-13-28(14-12-26)22(31)19-5-4-6-19/h2-3,7-8,19,30H,4-6,9-18H2,1H3,(H,24,25). The van der Waals surface area contributed by atoms with E-state index in [4.69, 9.17) is 0 Å². The second-order valence-electron chi connectivity index (χ2n) is 8.73. The molecule has 8 nitrogen and oxygen atoms in total. The average molecular weight is 429 g/mol. The van der Waals surface area contributed by atoms with E-state index in [-0.39, 0.29) is 0 Å². The first-order valence-corrected chi connectivity index (χ1v) is 11.7. The molecule has 31 heavy (non-hydrogen) atoms. The number of amides is 1. The number of para-hydroxylation sites is 2. The molecule has 1 saturated carbocycles. The molecule has 0 spiro atoms. The van der Waals surface area contributed by atoms with E-state index in [1.54, 1.807) is 6.07 Å². The molecule has 2 heterocycles. The van der Waals surface area contributed by atoms with Gasteiger partial charge < -0.3 is 25.1 Å². The topological polar surface area (TPSA) is 74.7 Å². The minimum Gasteiger partial charge on any atom is -0.506 e. The number of carbonyl (C=O) groups is 1. The minimum atomic E-state index is 0.308. The second-order valence-corrected chi connectivity index (χ2v) is 8.73. The van der Waals surface area contributed by atoms with E-state index in [0.29, 0.717) is 17.6 Å². The zero-order valence-corrected chi connectivity index (χ0v) is 18.7. The Morgan fingerprint density at radius 3 is 2.32 bits per heavy atom. The number of aromatic hydroxyl groups is 1. The van der Waals surface area contributed by atoms with E-state index in [9.17, 15) is 9.90 Å². The van der Waals surface area contributed by atoms with Gasteiger partial charge in [-0.15, -0.1) is 0 Å². The third-order valence-electron chi connectivity index (χ3n) is 6.86. The monoisotopic (exact) mass is 428 g/mol. The summed E-state index contributed by atoms with van der Waals surface area (Å²) in [7, 11) is 1.84. The van der Waals surface area contributed by atoms with Crippen LogP contribution in [0.5, 0.6) is 5.75 Å². The third kappa shape index (κ3) is 5.23. The van der Waals surface area contributed by atoms with Gasteiger partial charge in [-0.3, -0.25) is 14.7 Å². The number of carbonyl (C=O) groups excluding carboxylic acids is 1. The highest BCUT2D eigenvalue weighted by Crippen LogP contribution is 2.29. The fourth-order valence-corrected chi connectivity index (χ4v) is 4.65. The number of hydrogen-bond acceptors (Lipinski definition) is 5. The van der Waals surface area contributed by atoms with E-state index >= 15 is 0 Å². The van der Waals surface area contributed by atoms with Gasteiger partial charge in [-0.2, -0.15) is 0 Å². The quantitative estimate of drug-likeness (QED) is 0.539. The SMILES string of the molecule is CN=C(NCCN1CCN(C(=O)C2CCC2)CC1)N1CCN(c2ccccc2O)CC1. The number of anilines is 1. The summed E-state index contributed by atoms with van der Waals surface area (Å²) in [6, 6.07) is 7.53. The van der Waals surface area contributed by atoms with Crippen molar-refractivity contribution in [3.63, 3.8) is 0 Å². The number of nitrogens with one attached hydrogen (secondary N) is 1. The summed E-state index contributed by atoms with van der Waals surface area (Å²) < 4.78 is 0. The predicted molar refractivity (Wildman–Crippen MR) is 124 cm³/mol. The molecule has 2 N–H and O–H groups in total. The van der Waals surface area contributed by atoms with Crippen LogP contribution in [0.25, 0.3) is 0 Å². The molecule has 2 aliphatic heterocycles. The Morgan fingerprint density at radius 1 is 1.03 bits per heavy atom. The van der Waals surface area contributed by atoms with Crippen molar-refractivity contribution in [3.8, 4) is 5.75 Å². The largest absolute Gasteiger partial charge is 0.506 e. The van der Waals surface area contributed by atoms with Crippen molar-refractivity contribution >= 4 is 17.6 Å². The molecule has 3 fully saturated rings. The Kier molecular flexibility index (Phi) is 7.17. The molecule has 2 saturated heterocycles. The summed E-state index contributed by atoms with van der Waals surface area (Å²) in [5.41, 5.74) is 0.903. The smallest absolute Gasteiger partial charge is 0.225 e. The number of guanidine groups is 1. The summed E-state index contributed by atoms with van der Waals surface area (Å²) in [5, 5.41) is 13.6. The van der Waals surface area contributed by atoms with Crippen LogP contribution in [0.15, 0.2) is 29.3 Å². The van der Waals surface area contributed by atoms with Crippen LogP contribution in [0.4, 0.5) is 5.69 Å². The lowest BCUT2D eigenvalue weighted by Crippen LogP contribution is -2.54. The van der Waals surface area contributed by atoms with E-state index < -0.39 is 0 Å². The molecular weight excluding hydrogens is 392 g/mol. The Bertz CT molecular complexity index is 765. The van der Waals surface area contributed by atoms with Gasteiger partial charge in [0.25, 0.3) is 0 Å². The van der Waals surface area contributed by atoms with Crippen LogP contribution in [0.3, 0.4) is 0 Å². The van der Waals surface area contributed by atoms with Crippen LogP contribution in [-0.4, -0.2) is 104 Å². The van der Waals surface area contributed by atoms with Crippen molar-refractivity contribution in [1.29, 1.82) is 0 Å². The van der Waals surface area contributed by atoms with Crippen LogP contribution in [0.1, 0.15) is 19.3 Å². The molecule has 0 bridgehead atoms. The first kappa shape index (κ1) is 21.7. The number of nitrogens with zero attached hydrogens (tertiary/aromatic N) is 5. The maximum atomic E-state index is 12.4. The molecular formula is C23H36N6O2. The Hall–Kier alpha value is -2.48. The van der Waals surface area contributed by atoms with Crippen LogP contribution >= 0.6 is 0 Å². The molecule has 1 amide bonds. The van der Waals surface area contributed by atoms with Crippen molar-refractivity contribution in [2.75, 3.05) is 77.4 Å². The van der Waals surface area contributed by atoms with Crippen LogP contribution in [-0.2, 0) is 4.79 Å². The molecule has 8 heteroatoms. The van der Waals surface area contributed by atoms with Gasteiger partial charge in [-0.1, -0.05) is 18.6 Å². The first-order chi connectivity index (χ1) is 15.2. The number of piperazine rings is 2. The van der Waals surface area contributed by atoms with E-state index in [2.05, 4.69) is 29.9 Å². The van der Waals surface area contributed by atoms with Crippen LogP contribution in [0, 0.1) is 5.92 Å². The van der Waals surface area contributed by atoms with Crippen LogP contribution in [0.2, 0.25) is 0 Å². The molecule has 0 atom stereocenters. The molecule has 3 aliphatic rings. The average Bonchev–Trinajstić information content (AvgIpc) is 2.76. The van der Waals surface area contributed by atoms with Crippen molar-refractivity contribution < 1.29 is 9.90 Å². The molecule has 1 aromatic rings. The molecule has 0 unspecified atom stereocenters. The lowest BCUT2D eigenvalue weighted by Gasteiger charge is -2.39. The summed E-state index contributed by atoms with van der Waals surface area (Å²) in [5.74, 6) is 1.97. The highest BCUT2D eigenvalue weighted by molar-refractivity contribution is 5.80. The first-order valence-electron chi connectivity index (χ1n) is 11.7. The number of phenols is 1. The maximum absolute atomic E-state index is 12.4. The minimum absolute atomic E-state index is 0.308. The molecule has 170 valence electrons. The Labute approximate surface area is 185 Å². The van der Waals surface area contributed by atoms with E-state index in [0.717, 1.165) is 89.9 Å². The van der Waals surface area contributed by atoms with Gasteiger partial charge in [0.05, 0.1) is 5.69 Å². The van der Waals surface area contributed by atoms with Gasteiger partial charge in [-0.05, 0) is 25.0 Å². The summed E-state index contributed by atoms with van der Waals surface area (Å²) in [6.07, 6.45) is 3.39. The van der Waals surface area contributed by atoms with Gasteiger partial charge in [0, 0.05) is 78.4 Å². The molecule has 0 radical (unpaired) electrons. The third-order valence-corrected chi connectivity index (χ3v) is 6.86. The summed E-state index contributed by atoms with van der Waals surface area (Å²) in [6.45, 7) is 8.90. The lowest BCUT2D eigenvalue weighted by molar-refractivity contribution is -0.139. The normalized spacial score (nSPS) is 21.2. The predicted octanol–water partition coefficient (Wildman–Crippen LogP) is 1.03. The highest BCUT2D eigenvalue weighted by atomic mass is 16.3.